The van der Waals surface area contributed by atoms with E-state index in [2.05, 4.69) is 0 Å². The first-order chi connectivity index (χ1) is 17.2. The lowest BCUT2D eigenvalue weighted by Crippen LogP contribution is -2.29. The van der Waals surface area contributed by atoms with Crippen molar-refractivity contribution in [2.75, 3.05) is 18.6 Å². The van der Waals surface area contributed by atoms with Gasteiger partial charge >= 0.3 is 0 Å². The van der Waals surface area contributed by atoms with Gasteiger partial charge in [0.1, 0.15) is 11.5 Å². The molecule has 0 saturated carbocycles. The molecule has 1 saturated heterocycles. The Morgan fingerprint density at radius 1 is 1.06 bits per heavy atom. The Labute approximate surface area is 209 Å². The topological polar surface area (TPSA) is 96.3 Å². The van der Waals surface area contributed by atoms with Crippen LogP contribution in [0.3, 0.4) is 0 Å². The lowest BCUT2D eigenvalue weighted by molar-refractivity contribution is -0.132. The highest BCUT2D eigenvalue weighted by molar-refractivity contribution is 6.52. The maximum atomic E-state index is 14.1. The number of aliphatic hydroxyl groups excluding tert-OH is 1. The largest absolute Gasteiger partial charge is 0.507 e. The fourth-order valence-corrected chi connectivity index (χ4v) is 4.22. The van der Waals surface area contributed by atoms with Crippen LogP contribution in [0.5, 0.6) is 17.2 Å². The number of methoxy groups -OCH3 is 1. The second-order valence-electron chi connectivity index (χ2n) is 7.77. The predicted octanol–water partition coefficient (Wildman–Crippen LogP) is 5.36. The third kappa shape index (κ3) is 4.33. The number of aromatic hydroxyl groups is 1. The maximum absolute atomic E-state index is 14.1. The fourth-order valence-electron chi connectivity index (χ4n) is 4.01. The predicted molar refractivity (Wildman–Crippen MR) is 128 cm³/mol. The van der Waals surface area contributed by atoms with E-state index in [0.717, 1.165) is 23.1 Å². The molecule has 1 unspecified atom stereocenters. The van der Waals surface area contributed by atoms with Crippen LogP contribution in [-0.2, 0) is 9.59 Å². The van der Waals surface area contributed by atoms with E-state index in [0.29, 0.717) is 12.4 Å². The van der Waals surface area contributed by atoms with E-state index in [1.54, 1.807) is 13.0 Å². The molecule has 1 amide bonds. The number of ketones is 1. The number of hydrogen-bond donors (Lipinski definition) is 2. The lowest BCUT2D eigenvalue weighted by atomic mass is 9.94. The highest BCUT2D eigenvalue weighted by Crippen LogP contribution is 2.45. The number of carbonyl (C=O) groups is 2. The molecule has 186 valence electrons. The average Bonchev–Trinajstić information content (AvgIpc) is 3.12. The number of phenolic OH excluding ortho intramolecular Hbond substituents is 1. The normalized spacial score (nSPS) is 16.9. The summed E-state index contributed by atoms with van der Waals surface area (Å²) in [4.78, 5) is 27.3. The molecule has 0 aromatic heterocycles. The highest BCUT2D eigenvalue weighted by atomic mass is 35.5. The summed E-state index contributed by atoms with van der Waals surface area (Å²) in [7, 11) is 1.34. The third-order valence-corrected chi connectivity index (χ3v) is 5.98. The molecule has 1 fully saturated rings. The molecule has 2 N–H and O–H groups in total. The van der Waals surface area contributed by atoms with Crippen molar-refractivity contribution in [2.45, 2.75) is 13.0 Å². The Morgan fingerprint density at radius 2 is 1.81 bits per heavy atom. The zero-order valence-corrected chi connectivity index (χ0v) is 19.8. The summed E-state index contributed by atoms with van der Waals surface area (Å²) in [6.45, 7) is 2.09. The standard InChI is InChI=1S/C26H20ClF2NO6/c1-3-36-15-6-7-17(27)16(12-15)24(32)22-23(13-4-9-21(35-2)20(31)10-13)30(26(34)25(22)33)14-5-8-18(28)19(29)11-14/h4-12,23,31-32H,3H2,1-2H3/b24-22+. The van der Waals surface area contributed by atoms with Crippen LogP contribution in [0.2, 0.25) is 5.02 Å². The van der Waals surface area contributed by atoms with Gasteiger partial charge in [-0.3, -0.25) is 14.5 Å². The molecule has 1 aliphatic rings. The van der Waals surface area contributed by atoms with E-state index in [1.807, 2.05) is 0 Å². The zero-order chi connectivity index (χ0) is 26.1. The second-order valence-corrected chi connectivity index (χ2v) is 8.18. The van der Waals surface area contributed by atoms with E-state index < -0.39 is 35.1 Å². The van der Waals surface area contributed by atoms with Crippen molar-refractivity contribution in [3.63, 3.8) is 0 Å². The number of aliphatic hydroxyl groups is 1. The summed E-state index contributed by atoms with van der Waals surface area (Å²) in [6, 6.07) is 9.94. The van der Waals surface area contributed by atoms with Crippen LogP contribution in [0.25, 0.3) is 5.76 Å². The summed E-state index contributed by atoms with van der Waals surface area (Å²) in [5.74, 6) is -5.00. The number of carbonyl (C=O) groups excluding carboxylic acids is 2. The molecule has 10 heteroatoms. The number of benzene rings is 3. The summed E-state index contributed by atoms with van der Waals surface area (Å²) in [6.07, 6.45) is 0. The van der Waals surface area contributed by atoms with Crippen LogP contribution in [0.4, 0.5) is 14.5 Å². The van der Waals surface area contributed by atoms with E-state index in [4.69, 9.17) is 21.1 Å². The van der Waals surface area contributed by atoms with Gasteiger partial charge in [0.2, 0.25) is 0 Å². The Bertz CT molecular complexity index is 1410. The summed E-state index contributed by atoms with van der Waals surface area (Å²) >= 11 is 6.30. The number of hydrogen-bond acceptors (Lipinski definition) is 6. The number of nitrogens with zero attached hydrogens (tertiary/aromatic N) is 1. The first-order valence-electron chi connectivity index (χ1n) is 10.7. The molecule has 1 atom stereocenters. The SMILES string of the molecule is CCOc1ccc(Cl)c(/C(O)=C2\C(=O)C(=O)N(c3ccc(F)c(F)c3)C2c2ccc(OC)c(O)c2)c1. The average molecular weight is 516 g/mol. The molecule has 3 aromatic carbocycles. The fraction of sp³-hybridized carbons (Fsp3) is 0.154. The van der Waals surface area contributed by atoms with E-state index in [-0.39, 0.29) is 38.9 Å². The van der Waals surface area contributed by atoms with Crippen LogP contribution in [0, 0.1) is 11.6 Å². The lowest BCUT2D eigenvalue weighted by Gasteiger charge is -2.26. The molecular formula is C26H20ClF2NO6. The van der Waals surface area contributed by atoms with Gasteiger partial charge in [-0.25, -0.2) is 8.78 Å². The molecule has 0 aliphatic carbocycles. The van der Waals surface area contributed by atoms with Crippen molar-refractivity contribution in [1.82, 2.24) is 0 Å². The van der Waals surface area contributed by atoms with Crippen molar-refractivity contribution in [1.29, 1.82) is 0 Å². The van der Waals surface area contributed by atoms with Gasteiger partial charge in [0.15, 0.2) is 23.1 Å². The van der Waals surface area contributed by atoms with Crippen LogP contribution in [0.15, 0.2) is 60.2 Å². The Hall–Kier alpha value is -4.11. The summed E-state index contributed by atoms with van der Waals surface area (Å²) < 4.78 is 38.2. The Kier molecular flexibility index (Phi) is 6.85. The van der Waals surface area contributed by atoms with Gasteiger partial charge in [0, 0.05) is 17.3 Å². The summed E-state index contributed by atoms with van der Waals surface area (Å²) in [5, 5.41) is 21.7. The zero-order valence-electron chi connectivity index (χ0n) is 19.1. The number of anilines is 1. The van der Waals surface area contributed by atoms with Crippen molar-refractivity contribution in [3.05, 3.63) is 88.0 Å². The van der Waals surface area contributed by atoms with Gasteiger partial charge in [-0.05, 0) is 55.0 Å². The first-order valence-corrected chi connectivity index (χ1v) is 11.1. The monoisotopic (exact) mass is 515 g/mol. The van der Waals surface area contributed by atoms with Gasteiger partial charge in [-0.2, -0.15) is 0 Å². The van der Waals surface area contributed by atoms with Crippen molar-refractivity contribution in [2.24, 2.45) is 0 Å². The minimum Gasteiger partial charge on any atom is -0.507 e. The molecule has 0 bridgehead atoms. The number of ether oxygens (including phenoxy) is 2. The number of phenols is 1. The van der Waals surface area contributed by atoms with Gasteiger partial charge < -0.3 is 19.7 Å². The van der Waals surface area contributed by atoms with E-state index >= 15 is 0 Å². The van der Waals surface area contributed by atoms with Gasteiger partial charge in [-0.15, -0.1) is 0 Å². The summed E-state index contributed by atoms with van der Waals surface area (Å²) in [5.41, 5.74) is -0.293. The number of halogens is 3. The number of rotatable bonds is 6. The molecule has 3 aromatic rings. The molecule has 36 heavy (non-hydrogen) atoms. The van der Waals surface area contributed by atoms with Crippen LogP contribution < -0.4 is 14.4 Å². The molecule has 4 rings (SSSR count). The molecule has 7 nitrogen and oxygen atoms in total. The third-order valence-electron chi connectivity index (χ3n) is 5.65. The molecule has 1 aliphatic heterocycles. The number of amides is 1. The Balaban J connectivity index is 1.98. The highest BCUT2D eigenvalue weighted by Gasteiger charge is 2.47. The van der Waals surface area contributed by atoms with E-state index in [9.17, 15) is 28.6 Å². The van der Waals surface area contributed by atoms with Crippen LogP contribution in [0.1, 0.15) is 24.1 Å². The van der Waals surface area contributed by atoms with Crippen LogP contribution >= 0.6 is 11.6 Å². The van der Waals surface area contributed by atoms with Gasteiger partial charge in [-0.1, -0.05) is 17.7 Å². The minimum absolute atomic E-state index is 0.0219. The second kappa shape index (κ2) is 9.87. The molecule has 0 radical (unpaired) electrons. The van der Waals surface area contributed by atoms with E-state index in [1.165, 1.54) is 37.4 Å². The smallest absolute Gasteiger partial charge is 0.300 e. The quantitative estimate of drug-likeness (QED) is 0.261. The maximum Gasteiger partial charge on any atom is 0.300 e. The van der Waals surface area contributed by atoms with Crippen molar-refractivity contribution in [3.8, 4) is 17.2 Å². The molecule has 0 spiro atoms. The van der Waals surface area contributed by atoms with Gasteiger partial charge in [0.05, 0.1) is 30.4 Å². The van der Waals surface area contributed by atoms with Crippen molar-refractivity contribution < 1.29 is 38.1 Å². The minimum atomic E-state index is -1.32. The van der Waals surface area contributed by atoms with Crippen LogP contribution in [-0.4, -0.2) is 35.6 Å². The van der Waals surface area contributed by atoms with Gasteiger partial charge in [0.25, 0.3) is 11.7 Å². The Morgan fingerprint density at radius 3 is 2.44 bits per heavy atom. The van der Waals surface area contributed by atoms with Crippen molar-refractivity contribution >= 4 is 34.7 Å². The molecular weight excluding hydrogens is 496 g/mol. The first kappa shape index (κ1) is 25.0. The molecule has 1 heterocycles. The number of Topliss-reactive ketones (excluding diaryl/α,β-unsaturated/α-hetero) is 1.